The van der Waals surface area contributed by atoms with Crippen LogP contribution in [0.25, 0.3) is 11.1 Å². The molecule has 9 heteroatoms. The molecule has 2 aromatic carbocycles. The number of fused-ring (bicyclic) bond motifs is 2. The average Bonchev–Trinajstić information content (AvgIpc) is 3.45. The predicted octanol–water partition coefficient (Wildman–Crippen LogP) is 5.37. The topological polar surface area (TPSA) is 103 Å². The number of carbonyl (C=O) groups excluding carboxylic acids is 2. The smallest absolute Gasteiger partial charge is 0.251 e. The van der Waals surface area contributed by atoms with Crippen molar-refractivity contribution in [3.8, 4) is 16.9 Å². The van der Waals surface area contributed by atoms with Crippen molar-refractivity contribution >= 4 is 11.8 Å². The van der Waals surface area contributed by atoms with Gasteiger partial charge in [0.2, 0.25) is 5.91 Å². The summed E-state index contributed by atoms with van der Waals surface area (Å²) in [5.41, 5.74) is 3.48. The minimum Gasteiger partial charge on any atom is -0.496 e. The Morgan fingerprint density at radius 2 is 1.85 bits per heavy atom. The Bertz CT molecular complexity index is 1430. The fourth-order valence-electron chi connectivity index (χ4n) is 8.68. The van der Waals surface area contributed by atoms with Crippen LogP contribution < -0.4 is 15.4 Å². The van der Waals surface area contributed by atoms with Gasteiger partial charge >= 0.3 is 0 Å². The van der Waals surface area contributed by atoms with E-state index in [1.165, 1.54) is 6.42 Å². The summed E-state index contributed by atoms with van der Waals surface area (Å²) in [5.74, 6) is 2.22. The molecular weight excluding hydrogens is 604 g/mol. The van der Waals surface area contributed by atoms with Gasteiger partial charge in [-0.25, -0.2) is 0 Å². The van der Waals surface area contributed by atoms with Gasteiger partial charge in [0.1, 0.15) is 11.8 Å². The van der Waals surface area contributed by atoms with Gasteiger partial charge < -0.3 is 25.4 Å². The molecule has 2 aromatic rings. The summed E-state index contributed by atoms with van der Waals surface area (Å²) in [6.45, 7) is 14.4. The van der Waals surface area contributed by atoms with E-state index in [1.807, 2.05) is 56.6 Å². The van der Waals surface area contributed by atoms with Crippen molar-refractivity contribution in [2.75, 3.05) is 34.4 Å². The van der Waals surface area contributed by atoms with Gasteiger partial charge in [-0.05, 0) is 87.1 Å². The first-order chi connectivity index (χ1) is 22.7. The number of aliphatic hydroxyl groups excluding tert-OH is 1. The second-order valence-corrected chi connectivity index (χ2v) is 15.9. The van der Waals surface area contributed by atoms with E-state index in [0.717, 1.165) is 36.1 Å². The molecule has 1 heterocycles. The van der Waals surface area contributed by atoms with Crippen molar-refractivity contribution in [3.63, 3.8) is 0 Å². The molecule has 8 atom stereocenters. The van der Waals surface area contributed by atoms with Crippen molar-refractivity contribution in [2.24, 2.45) is 35.0 Å². The second kappa shape index (κ2) is 14.9. The number of nitrogens with one attached hydrogen (secondary N) is 2. The summed E-state index contributed by atoms with van der Waals surface area (Å²) in [5, 5.41) is 19.0. The Hall–Kier alpha value is -2.98. The molecule has 0 unspecified atom stereocenters. The highest BCUT2D eigenvalue weighted by molar-refractivity contribution is 5.96. The van der Waals surface area contributed by atoms with E-state index >= 15 is 0 Å². The Kier molecular flexibility index (Phi) is 11.2. The molecule has 6 rings (SSSR count). The van der Waals surface area contributed by atoms with E-state index in [9.17, 15) is 14.7 Å². The first kappa shape index (κ1) is 36.3. The largest absolute Gasteiger partial charge is 0.496 e. The van der Waals surface area contributed by atoms with Crippen LogP contribution in [0.1, 0.15) is 76.7 Å². The maximum absolute atomic E-state index is 14.0. The number of nitrogens with zero attached hydrogens (tertiary/aromatic N) is 2. The monoisotopic (exact) mass is 662 g/mol. The number of methoxy groups -OCH3 is 1. The number of hydrogen-bond acceptors (Lipinski definition) is 7. The van der Waals surface area contributed by atoms with Gasteiger partial charge in [0.05, 0.1) is 26.4 Å². The summed E-state index contributed by atoms with van der Waals surface area (Å²) in [7, 11) is 5.68. The molecule has 0 radical (unpaired) electrons. The molecule has 4 aliphatic rings. The molecule has 0 aromatic heterocycles. The Morgan fingerprint density at radius 1 is 1.12 bits per heavy atom. The summed E-state index contributed by atoms with van der Waals surface area (Å²) < 4.78 is 6.00. The second-order valence-electron chi connectivity index (χ2n) is 15.9. The molecule has 4 fully saturated rings. The van der Waals surface area contributed by atoms with Crippen LogP contribution in [-0.4, -0.2) is 85.5 Å². The van der Waals surface area contributed by atoms with Gasteiger partial charge in [-0.1, -0.05) is 65.0 Å². The molecule has 3 saturated carbocycles. The molecular formula is C39H58N4O5. The number of amides is 2. The van der Waals surface area contributed by atoms with Crippen LogP contribution in [-0.2, 0) is 16.2 Å². The van der Waals surface area contributed by atoms with Crippen molar-refractivity contribution < 1.29 is 24.3 Å². The maximum atomic E-state index is 14.0. The standard InChI is InChI=1S/C39H58N4O5/c1-23(2)16-30(21-42(7)8)40-37(45)27-13-10-12-26(17-27)31-15-11-14-28(36(31)47-9)20-43-35(32(22-48-43)25(4)44)38(46)41-34-19-29-18-33(24(34)3)39(29,5)6/h10-15,17,23-25,29-30,32-35,44H,16,18-22H2,1-9H3,(H,40,45)(H,41,46)/t24-,25-,29+,30-,32-,33-,34-,35+/m0/s1. The molecule has 48 heavy (non-hydrogen) atoms. The molecule has 3 aliphatic carbocycles. The van der Waals surface area contributed by atoms with Crippen molar-refractivity contribution in [2.45, 2.75) is 91.6 Å². The first-order valence-electron chi connectivity index (χ1n) is 17.8. The lowest BCUT2D eigenvalue weighted by Crippen LogP contribution is -2.62. The molecule has 1 aliphatic heterocycles. The highest BCUT2D eigenvalue weighted by Crippen LogP contribution is 2.61. The zero-order chi connectivity index (χ0) is 34.9. The van der Waals surface area contributed by atoms with Crippen molar-refractivity contribution in [1.82, 2.24) is 20.6 Å². The van der Waals surface area contributed by atoms with E-state index in [2.05, 4.69) is 50.2 Å². The molecule has 264 valence electrons. The lowest BCUT2D eigenvalue weighted by molar-refractivity contribution is -0.161. The summed E-state index contributed by atoms with van der Waals surface area (Å²) in [6, 6.07) is 13.1. The third-order valence-corrected chi connectivity index (χ3v) is 11.5. The normalized spacial score (nSPS) is 27.8. The SMILES string of the molecule is COc1c(CN2OC[C@@H]([C@H](C)O)[C@@H]2C(=O)N[C@H]2C[C@H]3C[C@@H]([C@@H]2C)C3(C)C)cccc1-c1cccc(C(=O)N[C@@H](CC(C)C)CN(C)C)c1. The minimum absolute atomic E-state index is 0.0453. The lowest BCUT2D eigenvalue weighted by Gasteiger charge is -2.62. The number of hydroxylamine groups is 2. The summed E-state index contributed by atoms with van der Waals surface area (Å²) >= 11 is 0. The number of aliphatic hydroxyl groups is 1. The van der Waals surface area contributed by atoms with E-state index in [-0.39, 0.29) is 36.4 Å². The molecule has 2 amide bonds. The van der Waals surface area contributed by atoms with E-state index in [4.69, 9.17) is 9.57 Å². The van der Waals surface area contributed by atoms with Crippen LogP contribution in [0.4, 0.5) is 0 Å². The lowest BCUT2D eigenvalue weighted by atomic mass is 9.45. The minimum atomic E-state index is -0.707. The van der Waals surface area contributed by atoms with E-state index in [0.29, 0.717) is 46.9 Å². The maximum Gasteiger partial charge on any atom is 0.251 e. The number of para-hydroxylation sites is 1. The van der Waals surface area contributed by atoms with Gasteiger partial charge in [0.25, 0.3) is 5.91 Å². The molecule has 1 saturated heterocycles. The Labute approximate surface area is 287 Å². The van der Waals surface area contributed by atoms with E-state index < -0.39 is 12.1 Å². The van der Waals surface area contributed by atoms with Crippen molar-refractivity contribution in [3.05, 3.63) is 53.6 Å². The fraction of sp³-hybridized carbons (Fsp3) is 0.641. The quantitative estimate of drug-likeness (QED) is 0.265. The van der Waals surface area contributed by atoms with Crippen LogP contribution in [0.5, 0.6) is 5.75 Å². The molecule has 0 spiro atoms. The van der Waals surface area contributed by atoms with Crippen molar-refractivity contribution in [1.29, 1.82) is 0 Å². The number of ether oxygens (including phenoxy) is 1. The molecule has 9 nitrogen and oxygen atoms in total. The van der Waals surface area contributed by atoms with Gasteiger partial charge in [-0.2, -0.15) is 5.06 Å². The summed E-state index contributed by atoms with van der Waals surface area (Å²) in [6.07, 6.45) is 2.42. The van der Waals surface area contributed by atoms with Gasteiger partial charge in [0.15, 0.2) is 0 Å². The Morgan fingerprint density at radius 3 is 2.48 bits per heavy atom. The molecule has 2 bridgehead atoms. The van der Waals surface area contributed by atoms with Gasteiger partial charge in [-0.3, -0.25) is 14.4 Å². The number of likely N-dealkylation sites (N-methyl/N-ethyl adjacent to an activating group) is 1. The third kappa shape index (κ3) is 7.59. The van der Waals surface area contributed by atoms with E-state index in [1.54, 1.807) is 19.1 Å². The van der Waals surface area contributed by atoms with Crippen LogP contribution in [0.15, 0.2) is 42.5 Å². The highest BCUT2D eigenvalue weighted by atomic mass is 16.7. The fourth-order valence-corrected chi connectivity index (χ4v) is 8.68. The van der Waals surface area contributed by atoms with Crippen LogP contribution in [0.2, 0.25) is 0 Å². The van der Waals surface area contributed by atoms with Crippen LogP contribution in [0, 0.1) is 35.0 Å². The number of carbonyl (C=O) groups is 2. The number of benzene rings is 2. The number of rotatable bonds is 13. The number of hydrogen-bond donors (Lipinski definition) is 3. The first-order valence-corrected chi connectivity index (χ1v) is 17.8. The van der Waals surface area contributed by atoms with Gasteiger partial charge in [-0.15, -0.1) is 0 Å². The van der Waals surface area contributed by atoms with Crippen LogP contribution in [0.3, 0.4) is 0 Å². The predicted molar refractivity (Wildman–Crippen MR) is 189 cm³/mol. The Balaban J connectivity index is 1.35. The van der Waals surface area contributed by atoms with Crippen LogP contribution >= 0.6 is 0 Å². The highest BCUT2D eigenvalue weighted by Gasteiger charge is 2.57. The van der Waals surface area contributed by atoms with Gasteiger partial charge in [0, 0.05) is 41.2 Å². The summed E-state index contributed by atoms with van der Waals surface area (Å²) in [4.78, 5) is 35.6. The molecule has 3 N–H and O–H groups in total. The third-order valence-electron chi connectivity index (χ3n) is 11.5. The zero-order valence-electron chi connectivity index (χ0n) is 30.5. The zero-order valence-corrected chi connectivity index (χ0v) is 30.5. The average molecular weight is 663 g/mol.